The van der Waals surface area contributed by atoms with Gasteiger partial charge in [0.1, 0.15) is 11.6 Å². The van der Waals surface area contributed by atoms with Gasteiger partial charge in [-0.2, -0.15) is 0 Å². The Hall–Kier alpha value is -1.09. The molecule has 2 rings (SSSR count). The molecule has 1 aromatic carbocycles. The Labute approximate surface area is 102 Å². The van der Waals surface area contributed by atoms with Crippen molar-refractivity contribution in [3.63, 3.8) is 0 Å². The van der Waals surface area contributed by atoms with Crippen molar-refractivity contribution in [3.8, 4) is 5.75 Å². The average molecular weight is 237 g/mol. The van der Waals surface area contributed by atoms with Crippen LogP contribution in [0.2, 0.25) is 0 Å². The fraction of sp³-hybridized carbons (Fsp3) is 0.571. The second-order valence-corrected chi connectivity index (χ2v) is 5.01. The number of rotatable bonds is 4. The number of nitrogens with two attached hydrogens (primary N) is 1. The topological polar surface area (TPSA) is 35.2 Å². The summed E-state index contributed by atoms with van der Waals surface area (Å²) in [5, 5.41) is 0. The highest BCUT2D eigenvalue weighted by Gasteiger charge is 2.31. The first-order valence-corrected chi connectivity index (χ1v) is 6.33. The van der Waals surface area contributed by atoms with E-state index in [9.17, 15) is 4.39 Å². The lowest BCUT2D eigenvalue weighted by Gasteiger charge is -2.35. The Morgan fingerprint density at radius 3 is 2.65 bits per heavy atom. The van der Waals surface area contributed by atoms with Gasteiger partial charge in [0.25, 0.3) is 0 Å². The van der Waals surface area contributed by atoms with Crippen LogP contribution in [-0.2, 0) is 0 Å². The largest absolute Gasteiger partial charge is 0.493 e. The monoisotopic (exact) mass is 237 g/mol. The molecule has 0 bridgehead atoms. The third-order valence-corrected chi connectivity index (χ3v) is 3.69. The quantitative estimate of drug-likeness (QED) is 0.873. The van der Waals surface area contributed by atoms with Gasteiger partial charge in [0.05, 0.1) is 6.61 Å². The highest BCUT2D eigenvalue weighted by Crippen LogP contribution is 2.35. The van der Waals surface area contributed by atoms with Crippen molar-refractivity contribution in [1.82, 2.24) is 0 Å². The summed E-state index contributed by atoms with van der Waals surface area (Å²) in [6.45, 7) is 1.26. The Bertz CT molecular complexity index is 361. The molecule has 1 aliphatic carbocycles. The molecule has 0 amide bonds. The van der Waals surface area contributed by atoms with Crippen molar-refractivity contribution < 1.29 is 9.13 Å². The molecule has 0 saturated heterocycles. The highest BCUT2D eigenvalue weighted by molar-refractivity contribution is 5.22. The van der Waals surface area contributed by atoms with E-state index in [2.05, 4.69) is 0 Å². The molecule has 1 fully saturated rings. The third kappa shape index (κ3) is 3.19. The van der Waals surface area contributed by atoms with E-state index in [4.69, 9.17) is 10.5 Å². The zero-order valence-electron chi connectivity index (χ0n) is 10.1. The van der Waals surface area contributed by atoms with Crippen LogP contribution in [0.4, 0.5) is 4.39 Å². The van der Waals surface area contributed by atoms with E-state index < -0.39 is 0 Å². The van der Waals surface area contributed by atoms with E-state index >= 15 is 0 Å². The van der Waals surface area contributed by atoms with Crippen molar-refractivity contribution in [1.29, 1.82) is 0 Å². The van der Waals surface area contributed by atoms with Crippen LogP contribution in [-0.4, -0.2) is 13.2 Å². The molecule has 94 valence electrons. The van der Waals surface area contributed by atoms with Crippen LogP contribution in [0.1, 0.15) is 32.1 Å². The number of hydrogen-bond acceptors (Lipinski definition) is 2. The standard InChI is InChI=1S/C14H20FNO/c15-12-5-4-6-13(9-12)17-11-14(10-16)7-2-1-3-8-14/h4-6,9H,1-3,7-8,10-11,16H2. The Morgan fingerprint density at radius 1 is 1.24 bits per heavy atom. The molecule has 2 nitrogen and oxygen atoms in total. The predicted molar refractivity (Wildman–Crippen MR) is 66.5 cm³/mol. The van der Waals surface area contributed by atoms with E-state index in [0.717, 1.165) is 12.8 Å². The van der Waals surface area contributed by atoms with Gasteiger partial charge in [0, 0.05) is 18.0 Å². The summed E-state index contributed by atoms with van der Waals surface area (Å²) < 4.78 is 18.7. The second kappa shape index (κ2) is 5.50. The van der Waals surface area contributed by atoms with E-state index in [1.54, 1.807) is 12.1 Å². The minimum Gasteiger partial charge on any atom is -0.493 e. The van der Waals surface area contributed by atoms with E-state index in [0.29, 0.717) is 18.9 Å². The summed E-state index contributed by atoms with van der Waals surface area (Å²) in [4.78, 5) is 0. The van der Waals surface area contributed by atoms with Gasteiger partial charge in [-0.1, -0.05) is 25.3 Å². The molecule has 0 atom stereocenters. The number of hydrogen-bond donors (Lipinski definition) is 1. The van der Waals surface area contributed by atoms with Crippen molar-refractivity contribution in [3.05, 3.63) is 30.1 Å². The first-order chi connectivity index (χ1) is 8.24. The Morgan fingerprint density at radius 2 is 2.00 bits per heavy atom. The summed E-state index contributed by atoms with van der Waals surface area (Å²) in [7, 11) is 0. The lowest BCUT2D eigenvalue weighted by Crippen LogP contribution is -2.38. The van der Waals surface area contributed by atoms with Gasteiger partial charge < -0.3 is 10.5 Å². The van der Waals surface area contributed by atoms with Gasteiger partial charge in [0.2, 0.25) is 0 Å². The summed E-state index contributed by atoms with van der Waals surface area (Å²) in [6.07, 6.45) is 5.99. The molecule has 2 N–H and O–H groups in total. The fourth-order valence-corrected chi connectivity index (χ4v) is 2.50. The normalized spacial score (nSPS) is 18.9. The first kappa shape index (κ1) is 12.4. The van der Waals surface area contributed by atoms with Gasteiger partial charge in [-0.05, 0) is 25.0 Å². The molecule has 17 heavy (non-hydrogen) atoms. The van der Waals surface area contributed by atoms with E-state index in [-0.39, 0.29) is 11.2 Å². The molecule has 0 unspecified atom stereocenters. The zero-order valence-corrected chi connectivity index (χ0v) is 10.1. The summed E-state index contributed by atoms with van der Waals surface area (Å²) in [6, 6.07) is 6.30. The minimum absolute atomic E-state index is 0.102. The van der Waals surface area contributed by atoms with Crippen molar-refractivity contribution >= 4 is 0 Å². The van der Waals surface area contributed by atoms with Crippen molar-refractivity contribution in [2.24, 2.45) is 11.1 Å². The Balaban J connectivity index is 1.95. The van der Waals surface area contributed by atoms with Crippen molar-refractivity contribution in [2.75, 3.05) is 13.2 Å². The SMILES string of the molecule is NCC1(COc2cccc(F)c2)CCCCC1. The molecule has 1 aromatic rings. The van der Waals surface area contributed by atoms with Gasteiger partial charge in [0.15, 0.2) is 0 Å². The maximum absolute atomic E-state index is 13.0. The average Bonchev–Trinajstić information content (AvgIpc) is 2.38. The maximum Gasteiger partial charge on any atom is 0.126 e. The van der Waals surface area contributed by atoms with Crippen LogP contribution in [0.25, 0.3) is 0 Å². The van der Waals surface area contributed by atoms with Crippen LogP contribution in [0.5, 0.6) is 5.75 Å². The van der Waals surface area contributed by atoms with E-state index in [1.807, 2.05) is 0 Å². The lowest BCUT2D eigenvalue weighted by molar-refractivity contribution is 0.105. The molecule has 0 aromatic heterocycles. The predicted octanol–water partition coefficient (Wildman–Crippen LogP) is 3.11. The van der Waals surface area contributed by atoms with Crippen LogP contribution in [0.15, 0.2) is 24.3 Å². The van der Waals surface area contributed by atoms with Gasteiger partial charge >= 0.3 is 0 Å². The zero-order chi connectivity index (χ0) is 12.1. The summed E-state index contributed by atoms with van der Waals surface area (Å²) in [5.41, 5.74) is 5.98. The number of ether oxygens (including phenoxy) is 1. The molecule has 0 aliphatic heterocycles. The molecular formula is C14H20FNO. The molecule has 0 spiro atoms. The van der Waals surface area contributed by atoms with Crippen LogP contribution in [0.3, 0.4) is 0 Å². The summed E-state index contributed by atoms with van der Waals surface area (Å²) >= 11 is 0. The lowest BCUT2D eigenvalue weighted by atomic mass is 9.75. The maximum atomic E-state index is 13.0. The molecule has 3 heteroatoms. The summed E-state index contributed by atoms with van der Waals surface area (Å²) in [5.74, 6) is 0.344. The Kier molecular flexibility index (Phi) is 4.00. The fourth-order valence-electron chi connectivity index (χ4n) is 2.50. The van der Waals surface area contributed by atoms with Crippen LogP contribution in [0, 0.1) is 11.2 Å². The second-order valence-electron chi connectivity index (χ2n) is 5.01. The van der Waals surface area contributed by atoms with Gasteiger partial charge in [-0.15, -0.1) is 0 Å². The minimum atomic E-state index is -0.257. The molecular weight excluding hydrogens is 217 g/mol. The first-order valence-electron chi connectivity index (χ1n) is 6.33. The smallest absolute Gasteiger partial charge is 0.126 e. The molecule has 0 heterocycles. The highest BCUT2D eigenvalue weighted by atomic mass is 19.1. The van der Waals surface area contributed by atoms with Crippen LogP contribution >= 0.6 is 0 Å². The third-order valence-electron chi connectivity index (χ3n) is 3.69. The molecule has 0 radical (unpaired) electrons. The molecule has 1 aliphatic rings. The van der Waals surface area contributed by atoms with E-state index in [1.165, 1.54) is 31.4 Å². The van der Waals surface area contributed by atoms with Crippen molar-refractivity contribution in [2.45, 2.75) is 32.1 Å². The van der Waals surface area contributed by atoms with Gasteiger partial charge in [-0.25, -0.2) is 4.39 Å². The number of halogens is 1. The van der Waals surface area contributed by atoms with Crippen LogP contribution < -0.4 is 10.5 Å². The number of benzene rings is 1. The molecule has 1 saturated carbocycles. The van der Waals surface area contributed by atoms with Gasteiger partial charge in [-0.3, -0.25) is 0 Å².